The normalized spacial score (nSPS) is 15.9. The first kappa shape index (κ1) is 12.4. The van der Waals surface area contributed by atoms with Gasteiger partial charge in [0.25, 0.3) is 0 Å². The summed E-state index contributed by atoms with van der Waals surface area (Å²) in [6.45, 7) is 2.71. The zero-order chi connectivity index (χ0) is 12.1. The zero-order valence-electron chi connectivity index (χ0n) is 10.6. The van der Waals surface area contributed by atoms with E-state index in [-0.39, 0.29) is 0 Å². The Labute approximate surface area is 104 Å². The molecule has 0 amide bonds. The van der Waals surface area contributed by atoms with Gasteiger partial charge in [-0.3, -0.25) is 4.90 Å². The third-order valence-corrected chi connectivity index (χ3v) is 3.53. The van der Waals surface area contributed by atoms with Crippen LogP contribution >= 0.6 is 0 Å². The molecule has 3 heteroatoms. The SMILES string of the molecule is COc1cccc(CN(CCN)C2CCC2)c1. The van der Waals surface area contributed by atoms with E-state index in [1.54, 1.807) is 7.11 Å². The Morgan fingerprint density at radius 2 is 2.24 bits per heavy atom. The summed E-state index contributed by atoms with van der Waals surface area (Å²) in [6, 6.07) is 9.05. The van der Waals surface area contributed by atoms with E-state index in [9.17, 15) is 0 Å². The summed E-state index contributed by atoms with van der Waals surface area (Å²) in [5.41, 5.74) is 7.00. The summed E-state index contributed by atoms with van der Waals surface area (Å²) in [7, 11) is 1.71. The molecule has 1 aromatic rings. The standard InChI is InChI=1S/C14H22N2O/c1-17-14-7-2-4-12(10-14)11-16(9-8-15)13-5-3-6-13/h2,4,7,10,13H,3,5-6,8-9,11,15H2,1H3. The molecule has 0 unspecified atom stereocenters. The van der Waals surface area contributed by atoms with Gasteiger partial charge in [-0.2, -0.15) is 0 Å². The molecule has 3 nitrogen and oxygen atoms in total. The summed E-state index contributed by atoms with van der Waals surface area (Å²) >= 11 is 0. The minimum atomic E-state index is 0.737. The minimum Gasteiger partial charge on any atom is -0.497 e. The van der Waals surface area contributed by atoms with Gasteiger partial charge in [-0.15, -0.1) is 0 Å². The quantitative estimate of drug-likeness (QED) is 0.818. The fourth-order valence-electron chi connectivity index (χ4n) is 2.31. The Kier molecular flexibility index (Phi) is 4.40. The number of nitrogens with two attached hydrogens (primary N) is 1. The van der Waals surface area contributed by atoms with Crippen molar-refractivity contribution in [3.63, 3.8) is 0 Å². The smallest absolute Gasteiger partial charge is 0.119 e. The number of rotatable bonds is 6. The summed E-state index contributed by atoms with van der Waals surface area (Å²) < 4.78 is 5.25. The van der Waals surface area contributed by atoms with Gasteiger partial charge < -0.3 is 10.5 Å². The van der Waals surface area contributed by atoms with Gasteiger partial charge in [0.15, 0.2) is 0 Å². The monoisotopic (exact) mass is 234 g/mol. The molecule has 0 atom stereocenters. The van der Waals surface area contributed by atoms with Crippen LogP contribution < -0.4 is 10.5 Å². The molecule has 1 aromatic carbocycles. The molecule has 2 N–H and O–H groups in total. The summed E-state index contributed by atoms with van der Waals surface area (Å²) in [5.74, 6) is 0.934. The van der Waals surface area contributed by atoms with Gasteiger partial charge in [-0.25, -0.2) is 0 Å². The molecule has 1 fully saturated rings. The van der Waals surface area contributed by atoms with Crippen LogP contribution in [0.1, 0.15) is 24.8 Å². The second-order valence-corrected chi connectivity index (χ2v) is 4.70. The number of hydrogen-bond acceptors (Lipinski definition) is 3. The lowest BCUT2D eigenvalue weighted by Crippen LogP contribution is -2.42. The van der Waals surface area contributed by atoms with Gasteiger partial charge in [0, 0.05) is 25.7 Å². The van der Waals surface area contributed by atoms with Crippen LogP contribution in [0.3, 0.4) is 0 Å². The predicted octanol–water partition coefficient (Wildman–Crippen LogP) is 2.01. The fraction of sp³-hybridized carbons (Fsp3) is 0.571. The van der Waals surface area contributed by atoms with E-state index < -0.39 is 0 Å². The summed E-state index contributed by atoms with van der Waals surface area (Å²) in [6.07, 6.45) is 4.01. The second kappa shape index (κ2) is 6.03. The maximum Gasteiger partial charge on any atom is 0.119 e. The van der Waals surface area contributed by atoms with Crippen molar-refractivity contribution >= 4 is 0 Å². The second-order valence-electron chi connectivity index (χ2n) is 4.70. The van der Waals surface area contributed by atoms with E-state index in [1.807, 2.05) is 6.07 Å². The average molecular weight is 234 g/mol. The highest BCUT2D eigenvalue weighted by Crippen LogP contribution is 2.26. The average Bonchev–Trinajstić information content (AvgIpc) is 2.27. The zero-order valence-corrected chi connectivity index (χ0v) is 10.6. The van der Waals surface area contributed by atoms with Crippen molar-refractivity contribution in [1.82, 2.24) is 4.90 Å². The Balaban J connectivity index is 2.00. The van der Waals surface area contributed by atoms with Gasteiger partial charge in [0.2, 0.25) is 0 Å². The molecule has 1 aliphatic carbocycles. The van der Waals surface area contributed by atoms with E-state index in [4.69, 9.17) is 10.5 Å². The van der Waals surface area contributed by atoms with E-state index in [0.29, 0.717) is 0 Å². The lowest BCUT2D eigenvalue weighted by Gasteiger charge is -2.37. The molecule has 1 aliphatic rings. The van der Waals surface area contributed by atoms with E-state index in [1.165, 1.54) is 24.8 Å². The molecular formula is C14H22N2O. The van der Waals surface area contributed by atoms with E-state index in [0.717, 1.165) is 31.4 Å². The minimum absolute atomic E-state index is 0.737. The fourth-order valence-corrected chi connectivity index (χ4v) is 2.31. The highest BCUT2D eigenvalue weighted by atomic mass is 16.5. The number of methoxy groups -OCH3 is 1. The Hall–Kier alpha value is -1.06. The molecule has 0 spiro atoms. The summed E-state index contributed by atoms with van der Waals surface area (Å²) in [5, 5.41) is 0. The largest absolute Gasteiger partial charge is 0.497 e. The maximum atomic E-state index is 5.69. The Bertz CT molecular complexity index is 350. The van der Waals surface area contributed by atoms with Crippen molar-refractivity contribution in [3.8, 4) is 5.75 Å². The lowest BCUT2D eigenvalue weighted by atomic mass is 9.91. The third kappa shape index (κ3) is 3.20. The first-order valence-electron chi connectivity index (χ1n) is 6.40. The van der Waals surface area contributed by atoms with Crippen LogP contribution in [0.2, 0.25) is 0 Å². The van der Waals surface area contributed by atoms with Crippen LogP contribution in [-0.2, 0) is 6.54 Å². The van der Waals surface area contributed by atoms with Crippen molar-refractivity contribution in [1.29, 1.82) is 0 Å². The number of ether oxygens (including phenoxy) is 1. The van der Waals surface area contributed by atoms with Crippen molar-refractivity contribution < 1.29 is 4.74 Å². The maximum absolute atomic E-state index is 5.69. The van der Waals surface area contributed by atoms with Crippen molar-refractivity contribution in [2.45, 2.75) is 31.8 Å². The van der Waals surface area contributed by atoms with Crippen molar-refractivity contribution in [2.24, 2.45) is 5.73 Å². The number of nitrogens with zero attached hydrogens (tertiary/aromatic N) is 1. The van der Waals surface area contributed by atoms with E-state index in [2.05, 4.69) is 23.1 Å². The Morgan fingerprint density at radius 1 is 1.41 bits per heavy atom. The highest BCUT2D eigenvalue weighted by Gasteiger charge is 2.24. The van der Waals surface area contributed by atoms with Crippen LogP contribution in [0, 0.1) is 0 Å². The molecule has 0 radical (unpaired) electrons. The molecule has 17 heavy (non-hydrogen) atoms. The first-order chi connectivity index (χ1) is 8.33. The summed E-state index contributed by atoms with van der Waals surface area (Å²) in [4.78, 5) is 2.50. The van der Waals surface area contributed by atoms with E-state index >= 15 is 0 Å². The molecule has 0 aromatic heterocycles. The van der Waals surface area contributed by atoms with Gasteiger partial charge >= 0.3 is 0 Å². The number of benzene rings is 1. The van der Waals surface area contributed by atoms with Gasteiger partial charge in [0.1, 0.15) is 5.75 Å². The van der Waals surface area contributed by atoms with Gasteiger partial charge in [-0.05, 0) is 30.5 Å². The molecule has 0 heterocycles. The third-order valence-electron chi connectivity index (χ3n) is 3.53. The predicted molar refractivity (Wildman–Crippen MR) is 70.1 cm³/mol. The van der Waals surface area contributed by atoms with Crippen LogP contribution in [0.5, 0.6) is 5.75 Å². The van der Waals surface area contributed by atoms with Gasteiger partial charge in [-0.1, -0.05) is 18.6 Å². The lowest BCUT2D eigenvalue weighted by molar-refractivity contribution is 0.123. The highest BCUT2D eigenvalue weighted by molar-refractivity contribution is 5.28. The topological polar surface area (TPSA) is 38.5 Å². The molecule has 94 valence electrons. The van der Waals surface area contributed by atoms with Crippen LogP contribution in [-0.4, -0.2) is 31.1 Å². The van der Waals surface area contributed by atoms with Crippen LogP contribution in [0.25, 0.3) is 0 Å². The van der Waals surface area contributed by atoms with Crippen LogP contribution in [0.4, 0.5) is 0 Å². The Morgan fingerprint density at radius 3 is 2.82 bits per heavy atom. The molecular weight excluding hydrogens is 212 g/mol. The van der Waals surface area contributed by atoms with Crippen LogP contribution in [0.15, 0.2) is 24.3 Å². The van der Waals surface area contributed by atoms with Crippen molar-refractivity contribution in [3.05, 3.63) is 29.8 Å². The molecule has 2 rings (SSSR count). The molecule has 0 aliphatic heterocycles. The number of hydrogen-bond donors (Lipinski definition) is 1. The molecule has 1 saturated carbocycles. The molecule has 0 bridgehead atoms. The van der Waals surface area contributed by atoms with Crippen molar-refractivity contribution in [2.75, 3.05) is 20.2 Å². The molecule has 0 saturated heterocycles. The first-order valence-corrected chi connectivity index (χ1v) is 6.40. The van der Waals surface area contributed by atoms with Gasteiger partial charge in [0.05, 0.1) is 7.11 Å².